The van der Waals surface area contributed by atoms with Crippen LogP contribution in [0, 0.1) is 11.8 Å². The molecule has 0 saturated heterocycles. The monoisotopic (exact) mass is 287 g/mol. The number of nitrogens with one attached hydrogen (secondary N) is 2. The van der Waals surface area contributed by atoms with Gasteiger partial charge >= 0.3 is 12.0 Å². The summed E-state index contributed by atoms with van der Waals surface area (Å²) in [5.74, 6) is -1.06. The fourth-order valence-corrected chi connectivity index (χ4v) is 1.91. The number of rotatable bonds is 9. The molecular weight excluding hydrogens is 258 g/mol. The van der Waals surface area contributed by atoms with Gasteiger partial charge in [-0.05, 0) is 26.4 Å². The topological polar surface area (TPSA) is 81.7 Å². The van der Waals surface area contributed by atoms with Crippen LogP contribution >= 0.6 is 0 Å². The minimum Gasteiger partial charge on any atom is -0.481 e. The van der Waals surface area contributed by atoms with E-state index < -0.39 is 11.9 Å². The van der Waals surface area contributed by atoms with Gasteiger partial charge in [-0.3, -0.25) is 4.79 Å². The summed E-state index contributed by atoms with van der Waals surface area (Å²) in [7, 11) is 3.91. The van der Waals surface area contributed by atoms with Crippen LogP contribution in [0.25, 0.3) is 0 Å². The highest BCUT2D eigenvalue weighted by atomic mass is 16.4. The first-order chi connectivity index (χ1) is 9.27. The Hall–Kier alpha value is -1.30. The number of likely N-dealkylation sites (N-methyl/N-ethyl adjacent to an activating group) is 1. The van der Waals surface area contributed by atoms with E-state index in [1.165, 1.54) is 0 Å². The molecule has 2 amide bonds. The number of hydrogen-bond donors (Lipinski definition) is 3. The Morgan fingerprint density at radius 3 is 2.25 bits per heavy atom. The molecule has 0 fully saturated rings. The van der Waals surface area contributed by atoms with Gasteiger partial charge in [0, 0.05) is 19.1 Å². The smallest absolute Gasteiger partial charge is 0.315 e. The molecule has 0 aliphatic heterocycles. The lowest BCUT2D eigenvalue weighted by molar-refractivity contribution is -0.141. The van der Waals surface area contributed by atoms with Crippen LogP contribution in [0.4, 0.5) is 4.79 Å². The van der Waals surface area contributed by atoms with Crippen molar-refractivity contribution in [1.29, 1.82) is 0 Å². The van der Waals surface area contributed by atoms with Crippen LogP contribution in [-0.4, -0.2) is 55.2 Å². The maximum Gasteiger partial charge on any atom is 0.315 e. The van der Waals surface area contributed by atoms with E-state index in [0.717, 1.165) is 13.0 Å². The molecule has 0 rings (SSSR count). The number of carboxylic acid groups (broad SMARTS) is 1. The summed E-state index contributed by atoms with van der Waals surface area (Å²) in [5.41, 5.74) is 0. The van der Waals surface area contributed by atoms with Gasteiger partial charge in [-0.1, -0.05) is 27.2 Å². The summed E-state index contributed by atoms with van der Waals surface area (Å²) in [4.78, 5) is 24.9. The van der Waals surface area contributed by atoms with E-state index in [2.05, 4.69) is 10.6 Å². The van der Waals surface area contributed by atoms with E-state index in [1.807, 2.05) is 39.8 Å². The van der Waals surface area contributed by atoms with Crippen molar-refractivity contribution in [3.8, 4) is 0 Å². The van der Waals surface area contributed by atoms with Gasteiger partial charge in [0.25, 0.3) is 0 Å². The van der Waals surface area contributed by atoms with E-state index in [0.29, 0.717) is 12.3 Å². The lowest BCUT2D eigenvalue weighted by Crippen LogP contribution is -2.50. The second kappa shape index (κ2) is 9.58. The van der Waals surface area contributed by atoms with Gasteiger partial charge in [0.1, 0.15) is 0 Å². The Balaban J connectivity index is 4.28. The van der Waals surface area contributed by atoms with Crippen LogP contribution in [0.2, 0.25) is 0 Å². The third kappa shape index (κ3) is 7.99. The molecule has 0 aromatic heterocycles. The third-order valence-corrected chi connectivity index (χ3v) is 3.18. The van der Waals surface area contributed by atoms with Crippen molar-refractivity contribution in [3.63, 3.8) is 0 Å². The molecule has 0 heterocycles. The highest BCUT2D eigenvalue weighted by Crippen LogP contribution is 2.05. The average molecular weight is 287 g/mol. The van der Waals surface area contributed by atoms with Crippen LogP contribution in [0.15, 0.2) is 0 Å². The lowest BCUT2D eigenvalue weighted by Gasteiger charge is -2.26. The van der Waals surface area contributed by atoms with Gasteiger partial charge in [-0.2, -0.15) is 0 Å². The van der Waals surface area contributed by atoms with Crippen LogP contribution in [-0.2, 0) is 4.79 Å². The van der Waals surface area contributed by atoms with Crippen molar-refractivity contribution in [1.82, 2.24) is 15.5 Å². The van der Waals surface area contributed by atoms with Gasteiger partial charge in [0.15, 0.2) is 0 Å². The molecule has 3 N–H and O–H groups in total. The molecule has 2 unspecified atom stereocenters. The van der Waals surface area contributed by atoms with Crippen LogP contribution in [0.1, 0.15) is 33.6 Å². The average Bonchev–Trinajstić information content (AvgIpc) is 2.32. The zero-order chi connectivity index (χ0) is 15.7. The molecule has 0 spiro atoms. The third-order valence-electron chi connectivity index (χ3n) is 3.18. The quantitative estimate of drug-likeness (QED) is 0.598. The minimum absolute atomic E-state index is 0.0412. The van der Waals surface area contributed by atoms with Crippen molar-refractivity contribution in [2.75, 3.05) is 27.2 Å². The normalized spacial score (nSPS) is 14.2. The largest absolute Gasteiger partial charge is 0.481 e. The van der Waals surface area contributed by atoms with Crippen molar-refractivity contribution in [2.24, 2.45) is 11.8 Å². The molecule has 118 valence electrons. The SMILES string of the molecule is CCCC(CNC(=O)NC(CN(C)C)C(C)C)C(=O)O. The molecule has 20 heavy (non-hydrogen) atoms. The molecule has 6 heteroatoms. The van der Waals surface area contributed by atoms with Crippen molar-refractivity contribution >= 4 is 12.0 Å². The molecule has 0 aromatic carbocycles. The zero-order valence-corrected chi connectivity index (χ0v) is 13.3. The van der Waals surface area contributed by atoms with Gasteiger partial charge in [-0.15, -0.1) is 0 Å². The Kier molecular flexibility index (Phi) is 8.96. The summed E-state index contributed by atoms with van der Waals surface area (Å²) in [5, 5.41) is 14.6. The van der Waals surface area contributed by atoms with E-state index >= 15 is 0 Å². The molecule has 0 bridgehead atoms. The Morgan fingerprint density at radius 2 is 1.85 bits per heavy atom. The Labute approximate surface area is 121 Å². The molecule has 6 nitrogen and oxygen atoms in total. The fourth-order valence-electron chi connectivity index (χ4n) is 1.91. The maximum atomic E-state index is 11.8. The molecular formula is C14H29N3O3. The van der Waals surface area contributed by atoms with Crippen molar-refractivity contribution in [3.05, 3.63) is 0 Å². The van der Waals surface area contributed by atoms with Crippen LogP contribution in [0.3, 0.4) is 0 Å². The van der Waals surface area contributed by atoms with Crippen LogP contribution < -0.4 is 10.6 Å². The van der Waals surface area contributed by atoms with Crippen molar-refractivity contribution in [2.45, 2.75) is 39.7 Å². The number of amides is 2. The molecule has 0 aromatic rings. The molecule has 0 saturated carbocycles. The predicted octanol–water partition coefficient (Wildman–Crippen LogP) is 1.37. The van der Waals surface area contributed by atoms with Crippen molar-refractivity contribution < 1.29 is 14.7 Å². The van der Waals surface area contributed by atoms with Gasteiger partial charge in [0.2, 0.25) is 0 Å². The molecule has 0 aliphatic carbocycles. The summed E-state index contributed by atoms with van der Waals surface area (Å²) < 4.78 is 0. The summed E-state index contributed by atoms with van der Waals surface area (Å²) in [6.07, 6.45) is 1.36. The standard InChI is InChI=1S/C14H29N3O3/c1-6-7-11(13(18)19)8-15-14(20)16-12(10(2)3)9-17(4)5/h10-12H,6-9H2,1-5H3,(H,18,19)(H2,15,16,20). The van der Waals surface area contributed by atoms with E-state index in [-0.39, 0.29) is 18.6 Å². The first kappa shape index (κ1) is 18.7. The van der Waals surface area contributed by atoms with Crippen LogP contribution in [0.5, 0.6) is 0 Å². The number of aliphatic carboxylic acids is 1. The number of carbonyl (C=O) groups excluding carboxylic acids is 1. The first-order valence-corrected chi connectivity index (χ1v) is 7.19. The number of carbonyl (C=O) groups is 2. The van der Waals surface area contributed by atoms with Gasteiger partial charge < -0.3 is 20.6 Å². The summed E-state index contributed by atoms with van der Waals surface area (Å²) >= 11 is 0. The van der Waals surface area contributed by atoms with E-state index in [9.17, 15) is 9.59 Å². The maximum absolute atomic E-state index is 11.8. The zero-order valence-electron chi connectivity index (χ0n) is 13.3. The van der Waals surface area contributed by atoms with Gasteiger partial charge in [0.05, 0.1) is 5.92 Å². The highest BCUT2D eigenvalue weighted by Gasteiger charge is 2.20. The summed E-state index contributed by atoms with van der Waals surface area (Å²) in [6, 6.07) is -0.257. The second-order valence-corrected chi connectivity index (χ2v) is 5.79. The number of nitrogens with zero attached hydrogens (tertiary/aromatic N) is 1. The first-order valence-electron chi connectivity index (χ1n) is 7.19. The number of hydrogen-bond acceptors (Lipinski definition) is 3. The fraction of sp³-hybridized carbons (Fsp3) is 0.857. The minimum atomic E-state index is -0.860. The predicted molar refractivity (Wildman–Crippen MR) is 79.7 cm³/mol. The summed E-state index contributed by atoms with van der Waals surface area (Å²) in [6.45, 7) is 6.95. The molecule has 0 radical (unpaired) electrons. The number of urea groups is 1. The van der Waals surface area contributed by atoms with E-state index in [4.69, 9.17) is 5.11 Å². The lowest BCUT2D eigenvalue weighted by atomic mass is 10.0. The Bertz CT molecular complexity index is 306. The molecule has 0 aliphatic rings. The number of carboxylic acids is 1. The molecule has 2 atom stereocenters. The Morgan fingerprint density at radius 1 is 1.25 bits per heavy atom. The van der Waals surface area contributed by atoms with Gasteiger partial charge in [-0.25, -0.2) is 4.79 Å². The van der Waals surface area contributed by atoms with E-state index in [1.54, 1.807) is 0 Å². The second-order valence-electron chi connectivity index (χ2n) is 5.79. The highest BCUT2D eigenvalue weighted by molar-refractivity contribution is 5.76.